The van der Waals surface area contributed by atoms with E-state index in [1.165, 1.54) is 11.1 Å². The van der Waals surface area contributed by atoms with Crippen LogP contribution in [0.25, 0.3) is 0 Å². The van der Waals surface area contributed by atoms with E-state index in [1.54, 1.807) is 7.11 Å². The zero-order valence-corrected chi connectivity index (χ0v) is 11.6. The van der Waals surface area contributed by atoms with Gasteiger partial charge in [-0.25, -0.2) is 0 Å². The second-order valence-electron chi connectivity index (χ2n) is 5.01. The van der Waals surface area contributed by atoms with Crippen LogP contribution in [0.3, 0.4) is 0 Å². The minimum absolute atomic E-state index is 0.280. The summed E-state index contributed by atoms with van der Waals surface area (Å²) in [6.07, 6.45) is 2.16. The lowest BCUT2D eigenvalue weighted by molar-refractivity contribution is 0.197. The van der Waals surface area contributed by atoms with Crippen LogP contribution in [0.4, 0.5) is 0 Å². The van der Waals surface area contributed by atoms with E-state index in [-0.39, 0.29) is 5.92 Å². The van der Waals surface area contributed by atoms with Gasteiger partial charge in [0, 0.05) is 19.6 Å². The van der Waals surface area contributed by atoms with Crippen molar-refractivity contribution >= 4 is 0 Å². The van der Waals surface area contributed by atoms with Crippen LogP contribution < -0.4 is 5.32 Å². The first-order chi connectivity index (χ1) is 9.88. The molecule has 106 valence electrons. The van der Waals surface area contributed by atoms with Crippen LogP contribution in [0.1, 0.15) is 35.2 Å². The highest BCUT2D eigenvalue weighted by atomic mass is 16.5. The van der Waals surface area contributed by atoms with Crippen LogP contribution in [0.15, 0.2) is 28.8 Å². The molecule has 1 heterocycles. The molecule has 3 rings (SSSR count). The quantitative estimate of drug-likeness (QED) is 0.814. The third-order valence-electron chi connectivity index (χ3n) is 3.69. The Hall–Kier alpha value is -1.72. The van der Waals surface area contributed by atoms with Crippen LogP contribution in [0.2, 0.25) is 0 Å². The van der Waals surface area contributed by atoms with Crippen LogP contribution >= 0.6 is 0 Å². The minimum Gasteiger partial charge on any atom is -0.383 e. The van der Waals surface area contributed by atoms with E-state index in [4.69, 9.17) is 9.26 Å². The van der Waals surface area contributed by atoms with Gasteiger partial charge in [-0.05, 0) is 24.0 Å². The predicted octanol–water partition coefficient (Wildman–Crippen LogP) is 1.88. The van der Waals surface area contributed by atoms with Gasteiger partial charge in [-0.15, -0.1) is 0 Å². The summed E-state index contributed by atoms with van der Waals surface area (Å²) in [6, 6.07) is 8.51. The summed E-state index contributed by atoms with van der Waals surface area (Å²) in [5.41, 5.74) is 2.74. The summed E-state index contributed by atoms with van der Waals surface area (Å²) < 4.78 is 10.3. The van der Waals surface area contributed by atoms with Crippen molar-refractivity contribution in [3.05, 3.63) is 47.1 Å². The third kappa shape index (κ3) is 2.73. The number of aromatic nitrogens is 2. The molecule has 1 N–H and O–H groups in total. The largest absolute Gasteiger partial charge is 0.383 e. The van der Waals surface area contributed by atoms with Crippen LogP contribution in [0, 0.1) is 0 Å². The standard InChI is InChI=1S/C15H19N3O2/c1-19-9-8-16-10-14-17-15(18-20-14)13-7-6-11-4-2-3-5-12(11)13/h2-5,13,16H,6-10H2,1H3. The van der Waals surface area contributed by atoms with Crippen LogP contribution in [-0.2, 0) is 17.7 Å². The fourth-order valence-electron chi connectivity index (χ4n) is 2.68. The second-order valence-corrected chi connectivity index (χ2v) is 5.01. The SMILES string of the molecule is COCCNCc1nc(C2CCc3ccccc32)no1. The van der Waals surface area contributed by atoms with Crippen molar-refractivity contribution in [2.24, 2.45) is 0 Å². The highest BCUT2D eigenvalue weighted by Gasteiger charge is 2.27. The molecule has 1 aromatic heterocycles. The molecule has 0 amide bonds. The maximum atomic E-state index is 5.31. The van der Waals surface area contributed by atoms with E-state index in [0.717, 1.165) is 25.2 Å². The average Bonchev–Trinajstić information content (AvgIpc) is 3.10. The van der Waals surface area contributed by atoms with Gasteiger partial charge in [0.05, 0.1) is 13.2 Å². The van der Waals surface area contributed by atoms with Gasteiger partial charge >= 0.3 is 0 Å². The molecule has 1 aliphatic carbocycles. The molecule has 0 spiro atoms. The summed E-state index contributed by atoms with van der Waals surface area (Å²) in [7, 11) is 1.68. The zero-order chi connectivity index (χ0) is 13.8. The molecule has 1 unspecified atom stereocenters. The molecule has 1 atom stereocenters. The number of fused-ring (bicyclic) bond motifs is 1. The molecule has 0 radical (unpaired) electrons. The number of methoxy groups -OCH3 is 1. The zero-order valence-electron chi connectivity index (χ0n) is 11.6. The van der Waals surface area contributed by atoms with E-state index >= 15 is 0 Å². The first-order valence-electron chi connectivity index (χ1n) is 6.98. The van der Waals surface area contributed by atoms with E-state index in [1.807, 2.05) is 0 Å². The Labute approximate surface area is 118 Å². The van der Waals surface area contributed by atoms with Gasteiger partial charge in [0.25, 0.3) is 0 Å². The number of ether oxygens (including phenoxy) is 1. The van der Waals surface area contributed by atoms with Crippen molar-refractivity contribution in [2.45, 2.75) is 25.3 Å². The lowest BCUT2D eigenvalue weighted by Gasteiger charge is -2.05. The third-order valence-corrected chi connectivity index (χ3v) is 3.69. The Kier molecular flexibility index (Phi) is 4.08. The molecule has 20 heavy (non-hydrogen) atoms. The number of rotatable bonds is 6. The molecular weight excluding hydrogens is 254 g/mol. The lowest BCUT2D eigenvalue weighted by Crippen LogP contribution is -2.18. The van der Waals surface area contributed by atoms with Crippen molar-refractivity contribution in [2.75, 3.05) is 20.3 Å². The number of nitrogens with one attached hydrogen (secondary N) is 1. The van der Waals surface area contributed by atoms with E-state index < -0.39 is 0 Å². The first-order valence-corrected chi connectivity index (χ1v) is 6.98. The number of hydrogen-bond donors (Lipinski definition) is 1. The fraction of sp³-hybridized carbons (Fsp3) is 0.467. The molecule has 0 saturated carbocycles. The molecular formula is C15H19N3O2. The summed E-state index contributed by atoms with van der Waals surface area (Å²) in [5.74, 6) is 1.72. The number of aryl methyl sites for hydroxylation is 1. The Morgan fingerprint density at radius 1 is 1.40 bits per heavy atom. The Morgan fingerprint density at radius 2 is 2.30 bits per heavy atom. The smallest absolute Gasteiger partial charge is 0.240 e. The van der Waals surface area contributed by atoms with Gasteiger partial charge in [0.15, 0.2) is 5.82 Å². The minimum atomic E-state index is 0.280. The maximum absolute atomic E-state index is 5.31. The van der Waals surface area contributed by atoms with Crippen molar-refractivity contribution in [1.29, 1.82) is 0 Å². The van der Waals surface area contributed by atoms with Gasteiger partial charge in [-0.1, -0.05) is 29.4 Å². The summed E-state index contributed by atoms with van der Waals surface area (Å²) in [4.78, 5) is 4.51. The Bertz CT molecular complexity index is 568. The number of hydrogen-bond acceptors (Lipinski definition) is 5. The molecule has 0 saturated heterocycles. The van der Waals surface area contributed by atoms with Crippen molar-refractivity contribution in [3.63, 3.8) is 0 Å². The normalized spacial score (nSPS) is 17.4. The predicted molar refractivity (Wildman–Crippen MR) is 74.5 cm³/mol. The first kappa shape index (κ1) is 13.3. The molecule has 5 heteroatoms. The van der Waals surface area contributed by atoms with Crippen molar-refractivity contribution in [1.82, 2.24) is 15.5 Å². The Morgan fingerprint density at radius 3 is 3.20 bits per heavy atom. The van der Waals surface area contributed by atoms with E-state index in [2.05, 4.69) is 39.7 Å². The van der Waals surface area contributed by atoms with E-state index in [0.29, 0.717) is 19.0 Å². The number of nitrogens with zero attached hydrogens (tertiary/aromatic N) is 2. The fourth-order valence-corrected chi connectivity index (χ4v) is 2.68. The van der Waals surface area contributed by atoms with Crippen LogP contribution in [0.5, 0.6) is 0 Å². The van der Waals surface area contributed by atoms with Crippen LogP contribution in [-0.4, -0.2) is 30.4 Å². The Balaban J connectivity index is 1.66. The summed E-state index contributed by atoms with van der Waals surface area (Å²) in [5, 5.41) is 7.34. The highest BCUT2D eigenvalue weighted by molar-refractivity contribution is 5.38. The van der Waals surface area contributed by atoms with Crippen molar-refractivity contribution in [3.8, 4) is 0 Å². The molecule has 5 nitrogen and oxygen atoms in total. The molecule has 2 aromatic rings. The molecule has 0 aliphatic heterocycles. The van der Waals surface area contributed by atoms with Gasteiger partial charge in [-0.2, -0.15) is 4.98 Å². The van der Waals surface area contributed by atoms with Gasteiger partial charge in [-0.3, -0.25) is 0 Å². The van der Waals surface area contributed by atoms with Gasteiger partial charge < -0.3 is 14.6 Å². The molecule has 1 aromatic carbocycles. The maximum Gasteiger partial charge on any atom is 0.240 e. The number of benzene rings is 1. The van der Waals surface area contributed by atoms with Gasteiger partial charge in [0.1, 0.15) is 0 Å². The van der Waals surface area contributed by atoms with Gasteiger partial charge in [0.2, 0.25) is 5.89 Å². The summed E-state index contributed by atoms with van der Waals surface area (Å²) >= 11 is 0. The topological polar surface area (TPSA) is 60.2 Å². The average molecular weight is 273 g/mol. The lowest BCUT2D eigenvalue weighted by atomic mass is 10.0. The monoisotopic (exact) mass is 273 g/mol. The summed E-state index contributed by atoms with van der Waals surface area (Å²) in [6.45, 7) is 2.04. The van der Waals surface area contributed by atoms with Crippen molar-refractivity contribution < 1.29 is 9.26 Å². The van der Waals surface area contributed by atoms with E-state index in [9.17, 15) is 0 Å². The molecule has 0 bridgehead atoms. The molecule has 0 fully saturated rings. The molecule has 1 aliphatic rings. The highest BCUT2D eigenvalue weighted by Crippen LogP contribution is 2.36. The second kappa shape index (κ2) is 6.15.